The second-order valence-corrected chi connectivity index (χ2v) is 6.93. The molecule has 0 unspecified atom stereocenters. The van der Waals surface area contributed by atoms with Crippen LogP contribution in [0.4, 0.5) is 0 Å². The number of hydrogen-bond donors (Lipinski definition) is 1. The molecule has 4 rings (SSSR count). The third-order valence-electron chi connectivity index (χ3n) is 5.30. The Hall–Kier alpha value is -2.99. The first kappa shape index (κ1) is 17.4. The van der Waals surface area contributed by atoms with Gasteiger partial charge < -0.3 is 5.32 Å². The smallest absolute Gasteiger partial charge is 0.275 e. The van der Waals surface area contributed by atoms with Crippen LogP contribution in [0.2, 0.25) is 0 Å². The summed E-state index contributed by atoms with van der Waals surface area (Å²) in [7, 11) is 3.56. The number of amides is 1. The van der Waals surface area contributed by atoms with Crippen molar-refractivity contribution in [3.63, 3.8) is 0 Å². The summed E-state index contributed by atoms with van der Waals surface area (Å²) in [5, 5.41) is 8.08. The van der Waals surface area contributed by atoms with E-state index in [9.17, 15) is 9.59 Å². The molecule has 0 saturated carbocycles. The van der Waals surface area contributed by atoms with Crippen LogP contribution < -0.4 is 10.9 Å². The van der Waals surface area contributed by atoms with E-state index in [2.05, 4.69) is 39.6 Å². The maximum atomic E-state index is 12.9. The van der Waals surface area contributed by atoms with Crippen molar-refractivity contribution in [3.05, 3.63) is 75.7 Å². The number of rotatable bonds is 4. The van der Waals surface area contributed by atoms with Gasteiger partial charge in [0.05, 0.1) is 12.1 Å². The Balaban J connectivity index is 1.73. The number of aryl methyl sites for hydroxylation is 1. The topological polar surface area (TPSA) is 67.2 Å². The molecule has 1 aliphatic carbocycles. The third kappa shape index (κ3) is 3.02. The van der Waals surface area contributed by atoms with Crippen LogP contribution in [0.5, 0.6) is 0 Å². The number of hydrogen-bond acceptors (Lipinski definition) is 4. The van der Waals surface area contributed by atoms with Crippen molar-refractivity contribution in [1.82, 2.24) is 20.0 Å². The average molecular weight is 362 g/mol. The highest BCUT2D eigenvalue weighted by atomic mass is 16.2. The van der Waals surface area contributed by atoms with Gasteiger partial charge in [0.15, 0.2) is 5.69 Å². The fourth-order valence-corrected chi connectivity index (χ4v) is 3.92. The Kier molecular flexibility index (Phi) is 4.49. The highest BCUT2D eigenvalue weighted by molar-refractivity contribution is 6.04. The zero-order chi connectivity index (χ0) is 19.0. The summed E-state index contributed by atoms with van der Waals surface area (Å²) >= 11 is 0. The Labute approximate surface area is 157 Å². The van der Waals surface area contributed by atoms with Crippen LogP contribution in [0.1, 0.15) is 34.1 Å². The van der Waals surface area contributed by atoms with E-state index in [0.717, 1.165) is 12.8 Å². The molecule has 6 heteroatoms. The van der Waals surface area contributed by atoms with Crippen molar-refractivity contribution < 1.29 is 4.79 Å². The van der Waals surface area contributed by atoms with Gasteiger partial charge in [-0.05, 0) is 37.1 Å². The summed E-state index contributed by atoms with van der Waals surface area (Å²) in [6.45, 7) is 0.326. The molecule has 0 aliphatic heterocycles. The van der Waals surface area contributed by atoms with Crippen molar-refractivity contribution in [2.45, 2.75) is 25.6 Å². The Morgan fingerprint density at radius 1 is 1.19 bits per heavy atom. The van der Waals surface area contributed by atoms with E-state index in [1.54, 1.807) is 25.2 Å². The molecule has 0 radical (unpaired) electrons. The van der Waals surface area contributed by atoms with Crippen molar-refractivity contribution >= 4 is 16.7 Å². The Morgan fingerprint density at radius 3 is 2.67 bits per heavy atom. The molecule has 1 amide bonds. The summed E-state index contributed by atoms with van der Waals surface area (Å²) in [4.78, 5) is 27.4. The molecule has 138 valence electrons. The number of nitrogens with zero attached hydrogens (tertiary/aromatic N) is 3. The molecule has 0 bridgehead atoms. The SMILES string of the molecule is CNC(=O)c1nn(CN(C)[C@@H]2CCc3ccccc32)c(=O)c2ccccc12. The first-order chi connectivity index (χ1) is 13.1. The van der Waals surface area contributed by atoms with Gasteiger partial charge in [-0.2, -0.15) is 5.10 Å². The lowest BCUT2D eigenvalue weighted by Gasteiger charge is -2.25. The van der Waals surface area contributed by atoms with Gasteiger partial charge in [-0.25, -0.2) is 4.68 Å². The Bertz CT molecular complexity index is 1070. The molecular weight excluding hydrogens is 340 g/mol. The monoisotopic (exact) mass is 362 g/mol. The fraction of sp³-hybridized carbons (Fsp3) is 0.286. The number of carbonyl (C=O) groups is 1. The molecule has 0 saturated heterocycles. The minimum Gasteiger partial charge on any atom is -0.354 e. The summed E-state index contributed by atoms with van der Waals surface area (Å²) in [5.74, 6) is -0.297. The summed E-state index contributed by atoms with van der Waals surface area (Å²) in [6, 6.07) is 15.8. The van der Waals surface area contributed by atoms with Crippen LogP contribution in [0.3, 0.4) is 0 Å². The summed E-state index contributed by atoms with van der Waals surface area (Å²) in [5.41, 5.74) is 2.75. The van der Waals surface area contributed by atoms with Crippen LogP contribution in [0.15, 0.2) is 53.3 Å². The zero-order valence-electron chi connectivity index (χ0n) is 15.5. The number of fused-ring (bicyclic) bond motifs is 2. The quantitative estimate of drug-likeness (QED) is 0.774. The van der Waals surface area contributed by atoms with Crippen LogP contribution in [-0.4, -0.2) is 34.7 Å². The van der Waals surface area contributed by atoms with Gasteiger partial charge in [0.1, 0.15) is 0 Å². The van der Waals surface area contributed by atoms with E-state index in [1.807, 2.05) is 13.1 Å². The number of carbonyl (C=O) groups excluding carboxylic acids is 1. The van der Waals surface area contributed by atoms with Crippen LogP contribution in [0, 0.1) is 0 Å². The third-order valence-corrected chi connectivity index (χ3v) is 5.30. The minimum absolute atomic E-state index is 0.184. The van der Waals surface area contributed by atoms with Crippen LogP contribution >= 0.6 is 0 Å². The molecule has 1 aliphatic rings. The highest BCUT2D eigenvalue weighted by Crippen LogP contribution is 2.34. The Morgan fingerprint density at radius 2 is 1.89 bits per heavy atom. The largest absolute Gasteiger partial charge is 0.354 e. The first-order valence-corrected chi connectivity index (χ1v) is 9.10. The molecule has 3 aromatic rings. The van der Waals surface area contributed by atoms with Crippen molar-refractivity contribution in [3.8, 4) is 0 Å². The lowest BCUT2D eigenvalue weighted by atomic mass is 10.1. The lowest BCUT2D eigenvalue weighted by molar-refractivity contribution is 0.0955. The van der Waals surface area contributed by atoms with Crippen molar-refractivity contribution in [2.75, 3.05) is 14.1 Å². The molecule has 0 spiro atoms. The van der Waals surface area contributed by atoms with E-state index in [4.69, 9.17) is 0 Å². The number of nitrogens with one attached hydrogen (secondary N) is 1. The predicted molar refractivity (Wildman–Crippen MR) is 105 cm³/mol. The van der Waals surface area contributed by atoms with Crippen LogP contribution in [0.25, 0.3) is 10.8 Å². The normalized spacial score (nSPS) is 15.9. The molecule has 1 aromatic heterocycles. The molecule has 2 aromatic carbocycles. The second kappa shape index (κ2) is 6.96. The second-order valence-electron chi connectivity index (χ2n) is 6.93. The predicted octanol–water partition coefficient (Wildman–Crippen LogP) is 2.33. The lowest BCUT2D eigenvalue weighted by Crippen LogP contribution is -2.35. The van der Waals surface area contributed by atoms with Crippen LogP contribution in [-0.2, 0) is 13.1 Å². The molecule has 27 heavy (non-hydrogen) atoms. The van der Waals surface area contributed by atoms with Crippen molar-refractivity contribution in [1.29, 1.82) is 0 Å². The van der Waals surface area contributed by atoms with E-state index in [0.29, 0.717) is 17.4 Å². The molecule has 1 atom stereocenters. The van der Waals surface area contributed by atoms with E-state index < -0.39 is 0 Å². The van der Waals surface area contributed by atoms with Crippen molar-refractivity contribution in [2.24, 2.45) is 0 Å². The average Bonchev–Trinajstić information content (AvgIpc) is 3.14. The van der Waals surface area contributed by atoms with Gasteiger partial charge in [-0.3, -0.25) is 14.5 Å². The molecule has 0 fully saturated rings. The van der Waals surface area contributed by atoms with Gasteiger partial charge in [0, 0.05) is 18.5 Å². The van der Waals surface area contributed by atoms with Gasteiger partial charge in [0.2, 0.25) is 0 Å². The number of benzene rings is 2. The van der Waals surface area contributed by atoms with Gasteiger partial charge in [-0.15, -0.1) is 0 Å². The molecule has 1 N–H and O–H groups in total. The maximum absolute atomic E-state index is 12.9. The van der Waals surface area contributed by atoms with Gasteiger partial charge >= 0.3 is 0 Å². The van der Waals surface area contributed by atoms with Gasteiger partial charge in [0.25, 0.3) is 11.5 Å². The molecular formula is C21H22N4O2. The summed E-state index contributed by atoms with van der Waals surface area (Å²) in [6.07, 6.45) is 2.05. The fourth-order valence-electron chi connectivity index (χ4n) is 3.92. The highest BCUT2D eigenvalue weighted by Gasteiger charge is 2.26. The maximum Gasteiger partial charge on any atom is 0.275 e. The standard InChI is InChI=1S/C21H22N4O2/c1-22-20(26)19-16-9-5-6-10-17(16)21(27)25(23-19)13-24(2)18-12-11-14-7-3-4-8-15(14)18/h3-10,18H,11-13H2,1-2H3,(H,22,26)/t18-/m1/s1. The molecule has 1 heterocycles. The van der Waals surface area contributed by atoms with Gasteiger partial charge in [-0.1, -0.05) is 42.5 Å². The number of aromatic nitrogens is 2. The van der Waals surface area contributed by atoms with E-state index >= 15 is 0 Å². The first-order valence-electron chi connectivity index (χ1n) is 9.10. The van der Waals surface area contributed by atoms with E-state index in [-0.39, 0.29) is 23.2 Å². The zero-order valence-corrected chi connectivity index (χ0v) is 15.5. The summed E-state index contributed by atoms with van der Waals surface area (Å²) < 4.78 is 1.40. The van der Waals surface area contributed by atoms with E-state index in [1.165, 1.54) is 15.8 Å². The molecule has 6 nitrogen and oxygen atoms in total. The minimum atomic E-state index is -0.297.